The molecule has 0 saturated heterocycles. The highest BCUT2D eigenvalue weighted by Crippen LogP contribution is 2.38. The van der Waals surface area contributed by atoms with E-state index in [0.717, 1.165) is 27.5 Å². The van der Waals surface area contributed by atoms with Gasteiger partial charge in [0, 0.05) is 42.2 Å². The van der Waals surface area contributed by atoms with E-state index in [0.29, 0.717) is 23.6 Å². The molecule has 0 saturated carbocycles. The molecule has 2 N–H and O–H groups in total. The van der Waals surface area contributed by atoms with Crippen molar-refractivity contribution in [2.24, 2.45) is 0 Å². The van der Waals surface area contributed by atoms with E-state index in [1.54, 1.807) is 40.1 Å². The number of amides is 2. The zero-order chi connectivity index (χ0) is 22.9. The summed E-state index contributed by atoms with van der Waals surface area (Å²) in [6.07, 6.45) is 1.49. The minimum absolute atomic E-state index is 0.241. The molecule has 0 aliphatic carbocycles. The average Bonchev–Trinajstić information content (AvgIpc) is 3.12. The quantitative estimate of drug-likeness (QED) is 0.614. The molecular weight excluding hydrogens is 408 g/mol. The van der Waals surface area contributed by atoms with Crippen LogP contribution in [0.2, 0.25) is 0 Å². The second-order valence-corrected chi connectivity index (χ2v) is 8.49. The molecule has 0 spiro atoms. The molecule has 0 radical (unpaired) electrons. The van der Waals surface area contributed by atoms with Crippen LogP contribution in [0.25, 0.3) is 11.3 Å². The van der Waals surface area contributed by atoms with E-state index >= 15 is 0 Å². The van der Waals surface area contributed by atoms with Crippen LogP contribution in [0.5, 0.6) is 5.88 Å². The molecule has 0 unspecified atom stereocenters. The lowest BCUT2D eigenvalue weighted by Gasteiger charge is -2.29. The zero-order valence-electron chi connectivity index (χ0n) is 18.6. The lowest BCUT2D eigenvalue weighted by atomic mass is 10.0. The Balaban J connectivity index is 1.80. The number of imide groups is 1. The maximum Gasteiger partial charge on any atom is 0.417 e. The summed E-state index contributed by atoms with van der Waals surface area (Å²) in [5, 5.41) is 3.36. The van der Waals surface area contributed by atoms with E-state index in [9.17, 15) is 9.59 Å². The first-order chi connectivity index (χ1) is 15.3. The van der Waals surface area contributed by atoms with E-state index in [-0.39, 0.29) is 6.54 Å². The number of anilines is 2. The van der Waals surface area contributed by atoms with Gasteiger partial charge in [0.1, 0.15) is 5.60 Å². The van der Waals surface area contributed by atoms with Crippen LogP contribution in [-0.4, -0.2) is 46.1 Å². The molecule has 0 bridgehead atoms. The highest BCUT2D eigenvalue weighted by Gasteiger charge is 2.36. The maximum atomic E-state index is 13.5. The van der Waals surface area contributed by atoms with Crippen LogP contribution in [0.4, 0.5) is 16.2 Å². The number of nitrogens with one attached hydrogen (secondary N) is 2. The predicted molar refractivity (Wildman–Crippen MR) is 121 cm³/mol. The molecule has 166 valence electrons. The Bertz CT molecular complexity index is 1150. The summed E-state index contributed by atoms with van der Waals surface area (Å²) in [7, 11) is 1.55. The molecule has 1 aliphatic heterocycles. The third kappa shape index (κ3) is 4.30. The van der Waals surface area contributed by atoms with Crippen molar-refractivity contribution in [2.45, 2.75) is 32.8 Å². The van der Waals surface area contributed by atoms with E-state index in [1.165, 1.54) is 0 Å². The number of ether oxygens (including phenoxy) is 2. The zero-order valence-corrected chi connectivity index (χ0v) is 18.6. The van der Waals surface area contributed by atoms with E-state index in [4.69, 9.17) is 9.47 Å². The molecular formula is C24H26N4O4. The number of aromatic nitrogens is 2. The van der Waals surface area contributed by atoms with Gasteiger partial charge in [-0.1, -0.05) is 18.2 Å². The summed E-state index contributed by atoms with van der Waals surface area (Å²) < 4.78 is 10.7. The van der Waals surface area contributed by atoms with Crippen molar-refractivity contribution in [3.05, 3.63) is 59.9 Å². The highest BCUT2D eigenvalue weighted by molar-refractivity contribution is 6.11. The highest BCUT2D eigenvalue weighted by atomic mass is 16.6. The molecule has 32 heavy (non-hydrogen) atoms. The Labute approximate surface area is 186 Å². The first-order valence-electron chi connectivity index (χ1n) is 10.4. The van der Waals surface area contributed by atoms with Gasteiger partial charge in [0.2, 0.25) is 5.88 Å². The average molecular weight is 434 g/mol. The van der Waals surface area contributed by atoms with Gasteiger partial charge in [0.25, 0.3) is 5.91 Å². The van der Waals surface area contributed by atoms with Crippen molar-refractivity contribution in [1.29, 1.82) is 0 Å². The first kappa shape index (κ1) is 21.4. The minimum atomic E-state index is -0.695. The van der Waals surface area contributed by atoms with Crippen molar-refractivity contribution in [3.8, 4) is 17.1 Å². The Morgan fingerprint density at radius 1 is 1.19 bits per heavy atom. The number of nitrogens with zero attached hydrogens (tertiary/aromatic N) is 2. The lowest BCUT2D eigenvalue weighted by Crippen LogP contribution is -2.44. The van der Waals surface area contributed by atoms with Gasteiger partial charge < -0.3 is 19.8 Å². The molecule has 3 aromatic rings. The Morgan fingerprint density at radius 2 is 1.94 bits per heavy atom. The number of H-pyrrole nitrogens is 1. The molecule has 3 heterocycles. The standard InChI is InChI=1S/C24H26N4O4/c1-24(2,3)32-23(30)28-13-11-17-19(22(28)29)21(26-16-8-6-5-7-9-16)20(27-17)15-10-12-25-18(14-15)31-4/h5-10,12,14,26-27H,11,13H2,1-4H3. The van der Waals surface area contributed by atoms with Gasteiger partial charge >= 0.3 is 6.09 Å². The number of pyridine rings is 1. The van der Waals surface area contributed by atoms with Crippen LogP contribution in [0.15, 0.2) is 48.7 Å². The molecule has 4 rings (SSSR count). The molecule has 2 aromatic heterocycles. The molecule has 0 fully saturated rings. The smallest absolute Gasteiger partial charge is 0.417 e. The Kier molecular flexibility index (Phi) is 5.61. The third-order valence-corrected chi connectivity index (χ3v) is 5.01. The number of carbonyl (C=O) groups is 2. The molecule has 1 aromatic carbocycles. The van der Waals surface area contributed by atoms with Crippen LogP contribution >= 0.6 is 0 Å². The maximum absolute atomic E-state index is 13.5. The lowest BCUT2D eigenvalue weighted by molar-refractivity contribution is 0.0233. The predicted octanol–water partition coefficient (Wildman–Crippen LogP) is 4.76. The normalized spacial score (nSPS) is 13.5. The van der Waals surface area contributed by atoms with E-state index < -0.39 is 17.6 Å². The minimum Gasteiger partial charge on any atom is -0.481 e. The van der Waals surface area contributed by atoms with Crippen LogP contribution in [-0.2, 0) is 11.2 Å². The number of para-hydroxylation sites is 1. The summed E-state index contributed by atoms with van der Waals surface area (Å²) in [6.45, 7) is 5.57. The number of fused-ring (bicyclic) bond motifs is 1. The second-order valence-electron chi connectivity index (χ2n) is 8.49. The third-order valence-electron chi connectivity index (χ3n) is 5.01. The molecule has 1 aliphatic rings. The number of hydrogen-bond acceptors (Lipinski definition) is 6. The van der Waals surface area contributed by atoms with Crippen molar-refractivity contribution in [3.63, 3.8) is 0 Å². The van der Waals surface area contributed by atoms with Gasteiger partial charge in [-0.25, -0.2) is 14.7 Å². The topological polar surface area (TPSA) is 96.6 Å². The summed E-state index contributed by atoms with van der Waals surface area (Å²) in [5.41, 5.74) is 3.44. The summed E-state index contributed by atoms with van der Waals surface area (Å²) in [4.78, 5) is 34.9. The largest absolute Gasteiger partial charge is 0.481 e. The molecule has 0 atom stereocenters. The van der Waals surface area contributed by atoms with Gasteiger partial charge in [-0.2, -0.15) is 0 Å². The number of benzene rings is 1. The summed E-state index contributed by atoms with van der Waals surface area (Å²) >= 11 is 0. The first-order valence-corrected chi connectivity index (χ1v) is 10.4. The number of aromatic amines is 1. The van der Waals surface area contributed by atoms with Crippen molar-refractivity contribution in [1.82, 2.24) is 14.9 Å². The SMILES string of the molecule is COc1cc(-c2[nH]c3c(c2Nc2ccccc2)C(=O)N(C(=O)OC(C)(C)C)CC3)ccn1. The fourth-order valence-corrected chi connectivity index (χ4v) is 3.61. The van der Waals surface area contributed by atoms with Crippen molar-refractivity contribution < 1.29 is 19.1 Å². The van der Waals surface area contributed by atoms with Crippen molar-refractivity contribution in [2.75, 3.05) is 19.0 Å². The van der Waals surface area contributed by atoms with Crippen LogP contribution in [0.3, 0.4) is 0 Å². The van der Waals surface area contributed by atoms with Gasteiger partial charge in [0.15, 0.2) is 0 Å². The van der Waals surface area contributed by atoms with Crippen LogP contribution in [0.1, 0.15) is 36.8 Å². The van der Waals surface area contributed by atoms with Gasteiger partial charge in [-0.3, -0.25) is 4.79 Å². The number of methoxy groups -OCH3 is 1. The van der Waals surface area contributed by atoms with Gasteiger partial charge in [-0.15, -0.1) is 0 Å². The molecule has 2 amide bonds. The number of carbonyl (C=O) groups excluding carboxylic acids is 2. The van der Waals surface area contributed by atoms with Crippen LogP contribution in [0, 0.1) is 0 Å². The molecule has 8 heteroatoms. The van der Waals surface area contributed by atoms with Gasteiger partial charge in [0.05, 0.1) is 24.1 Å². The Morgan fingerprint density at radius 3 is 2.62 bits per heavy atom. The summed E-state index contributed by atoms with van der Waals surface area (Å²) in [6, 6.07) is 13.2. The second kappa shape index (κ2) is 8.37. The number of hydrogen-bond donors (Lipinski definition) is 2. The Hall–Kier alpha value is -3.81. The van der Waals surface area contributed by atoms with Crippen molar-refractivity contribution >= 4 is 23.4 Å². The van der Waals surface area contributed by atoms with Crippen LogP contribution < -0.4 is 10.1 Å². The monoisotopic (exact) mass is 434 g/mol. The summed E-state index contributed by atoms with van der Waals surface area (Å²) in [5.74, 6) is 0.0601. The van der Waals surface area contributed by atoms with E-state index in [1.807, 2.05) is 36.4 Å². The fraction of sp³-hybridized carbons (Fsp3) is 0.292. The van der Waals surface area contributed by atoms with Gasteiger partial charge in [-0.05, 0) is 39.0 Å². The van der Waals surface area contributed by atoms with E-state index in [2.05, 4.69) is 15.3 Å². The molecule has 8 nitrogen and oxygen atoms in total. The number of rotatable bonds is 4. The fourth-order valence-electron chi connectivity index (χ4n) is 3.61.